The van der Waals surface area contributed by atoms with Crippen molar-refractivity contribution in [3.8, 4) is 0 Å². The summed E-state index contributed by atoms with van der Waals surface area (Å²) in [4.78, 5) is 9.36. The molecular weight excluding hydrogens is 361 g/mol. The van der Waals surface area contributed by atoms with Gasteiger partial charge in [-0.25, -0.2) is 9.97 Å². The second kappa shape index (κ2) is 6.91. The number of hydrogen-bond donors (Lipinski definition) is 1. The highest BCUT2D eigenvalue weighted by Gasteiger charge is 2.23. The number of anilines is 1. The van der Waals surface area contributed by atoms with Crippen molar-refractivity contribution in [1.82, 2.24) is 9.97 Å². The number of rotatable bonds is 5. The van der Waals surface area contributed by atoms with Gasteiger partial charge in [-0.1, -0.05) is 0 Å². The van der Waals surface area contributed by atoms with Crippen LogP contribution in [-0.2, 0) is 11.3 Å². The first-order valence-electron chi connectivity index (χ1n) is 6.17. The van der Waals surface area contributed by atoms with E-state index in [0.29, 0.717) is 11.9 Å². The van der Waals surface area contributed by atoms with E-state index in [1.807, 2.05) is 11.8 Å². The van der Waals surface area contributed by atoms with Gasteiger partial charge in [-0.05, 0) is 48.1 Å². The lowest BCUT2D eigenvalue weighted by Gasteiger charge is -2.14. The lowest BCUT2D eigenvalue weighted by molar-refractivity contribution is 0.180. The predicted octanol–water partition coefficient (Wildman–Crippen LogP) is 3.23. The zero-order chi connectivity index (χ0) is 13.0. The maximum absolute atomic E-state index is 5.23. The van der Waals surface area contributed by atoms with Crippen LogP contribution in [-0.4, -0.2) is 29.4 Å². The molecule has 0 bridgehead atoms. The van der Waals surface area contributed by atoms with Crippen molar-refractivity contribution in [3.63, 3.8) is 0 Å². The van der Waals surface area contributed by atoms with Gasteiger partial charge in [-0.2, -0.15) is 11.8 Å². The minimum Gasteiger partial charge on any atom is -0.378 e. The van der Waals surface area contributed by atoms with E-state index in [2.05, 4.69) is 44.8 Å². The van der Waals surface area contributed by atoms with Crippen molar-refractivity contribution in [2.75, 3.05) is 24.7 Å². The van der Waals surface area contributed by atoms with Crippen LogP contribution in [0.5, 0.6) is 0 Å². The number of hydrogen-bond acceptors (Lipinski definition) is 5. The Bertz CT molecular complexity index is 383. The molecule has 6 heteroatoms. The van der Waals surface area contributed by atoms with Crippen LogP contribution in [0, 0.1) is 3.57 Å². The topological polar surface area (TPSA) is 47.0 Å². The average Bonchev–Trinajstić information content (AvgIpc) is 2.88. The van der Waals surface area contributed by atoms with E-state index in [0.717, 1.165) is 27.5 Å². The first-order valence-corrected chi connectivity index (χ1v) is 8.29. The third kappa shape index (κ3) is 3.27. The standard InChI is InChI=1S/C12H18IN3OS/c1-3-14-12-10(13)8(7-17-2)15-11(16-12)9-5-4-6-18-9/h9H,3-7H2,1-2H3,(H,14,15,16). The molecule has 1 fully saturated rings. The Hall–Kier alpha value is -0.0800. The van der Waals surface area contributed by atoms with Crippen LogP contribution in [0.25, 0.3) is 0 Å². The van der Waals surface area contributed by atoms with E-state index in [1.165, 1.54) is 18.6 Å². The molecule has 0 aliphatic carbocycles. The number of methoxy groups -OCH3 is 1. The maximum Gasteiger partial charge on any atom is 0.144 e. The monoisotopic (exact) mass is 379 g/mol. The molecule has 100 valence electrons. The van der Waals surface area contributed by atoms with Gasteiger partial charge in [0.2, 0.25) is 0 Å². The molecule has 4 nitrogen and oxygen atoms in total. The van der Waals surface area contributed by atoms with Crippen molar-refractivity contribution < 1.29 is 4.74 Å². The highest BCUT2D eigenvalue weighted by molar-refractivity contribution is 14.1. The van der Waals surface area contributed by atoms with Crippen molar-refractivity contribution in [2.45, 2.75) is 31.6 Å². The van der Waals surface area contributed by atoms with Crippen LogP contribution in [0.2, 0.25) is 0 Å². The van der Waals surface area contributed by atoms with Crippen LogP contribution in [0.15, 0.2) is 0 Å². The molecule has 1 aliphatic heterocycles. The number of thioether (sulfide) groups is 1. The quantitative estimate of drug-likeness (QED) is 0.797. The summed E-state index contributed by atoms with van der Waals surface area (Å²) in [5.41, 5.74) is 0.992. The van der Waals surface area contributed by atoms with Crippen LogP contribution in [0.4, 0.5) is 5.82 Å². The highest BCUT2D eigenvalue weighted by atomic mass is 127. The SMILES string of the molecule is CCNc1nc(C2CCCS2)nc(COC)c1I. The normalized spacial score (nSPS) is 19.2. The van der Waals surface area contributed by atoms with Crippen molar-refractivity contribution >= 4 is 40.2 Å². The van der Waals surface area contributed by atoms with Gasteiger partial charge in [-0.15, -0.1) is 0 Å². The van der Waals surface area contributed by atoms with E-state index in [9.17, 15) is 0 Å². The summed E-state index contributed by atoms with van der Waals surface area (Å²) in [6, 6.07) is 0. The second-order valence-electron chi connectivity index (χ2n) is 4.16. The summed E-state index contributed by atoms with van der Waals surface area (Å²) in [5, 5.41) is 3.77. The van der Waals surface area contributed by atoms with Gasteiger partial charge in [0, 0.05) is 13.7 Å². The summed E-state index contributed by atoms with van der Waals surface area (Å²) in [6.45, 7) is 3.50. The summed E-state index contributed by atoms with van der Waals surface area (Å²) >= 11 is 4.25. The van der Waals surface area contributed by atoms with Crippen LogP contribution in [0.1, 0.15) is 36.5 Å². The van der Waals surface area contributed by atoms with E-state index in [1.54, 1.807) is 7.11 Å². The number of ether oxygens (including phenoxy) is 1. The van der Waals surface area contributed by atoms with Gasteiger partial charge in [0.25, 0.3) is 0 Å². The molecule has 2 rings (SSSR count). The molecule has 1 unspecified atom stereocenters. The molecule has 1 aliphatic rings. The van der Waals surface area contributed by atoms with Gasteiger partial charge < -0.3 is 10.1 Å². The Morgan fingerprint density at radius 1 is 1.50 bits per heavy atom. The number of aromatic nitrogens is 2. The van der Waals surface area contributed by atoms with Crippen LogP contribution in [0.3, 0.4) is 0 Å². The lowest BCUT2D eigenvalue weighted by Crippen LogP contribution is -2.11. The molecule has 18 heavy (non-hydrogen) atoms. The second-order valence-corrected chi connectivity index (χ2v) is 6.55. The van der Waals surface area contributed by atoms with E-state index >= 15 is 0 Å². The van der Waals surface area contributed by atoms with Crippen molar-refractivity contribution in [3.05, 3.63) is 15.1 Å². The number of halogens is 1. The summed E-state index contributed by atoms with van der Waals surface area (Å²) in [7, 11) is 1.70. The molecule has 1 aromatic heterocycles. The molecule has 1 atom stereocenters. The molecule has 0 aromatic carbocycles. The van der Waals surface area contributed by atoms with Crippen LogP contribution >= 0.6 is 34.4 Å². The molecular formula is C12H18IN3OS. The van der Waals surface area contributed by atoms with E-state index in [4.69, 9.17) is 4.74 Å². The molecule has 0 amide bonds. The summed E-state index contributed by atoms with van der Waals surface area (Å²) in [6.07, 6.45) is 2.45. The van der Waals surface area contributed by atoms with Crippen LogP contribution < -0.4 is 5.32 Å². The first kappa shape index (κ1) is 14.3. The fourth-order valence-electron chi connectivity index (χ4n) is 1.95. The fraction of sp³-hybridized carbons (Fsp3) is 0.667. The molecule has 1 N–H and O–H groups in total. The third-order valence-corrected chi connectivity index (χ3v) is 5.29. The maximum atomic E-state index is 5.23. The smallest absolute Gasteiger partial charge is 0.144 e. The minimum atomic E-state index is 0.454. The average molecular weight is 379 g/mol. The van der Waals surface area contributed by atoms with Gasteiger partial charge in [0.15, 0.2) is 0 Å². The Morgan fingerprint density at radius 3 is 2.94 bits per heavy atom. The van der Waals surface area contributed by atoms with Gasteiger partial charge >= 0.3 is 0 Å². The molecule has 1 aromatic rings. The van der Waals surface area contributed by atoms with E-state index < -0.39 is 0 Å². The van der Waals surface area contributed by atoms with Crippen molar-refractivity contribution in [2.24, 2.45) is 0 Å². The van der Waals surface area contributed by atoms with E-state index in [-0.39, 0.29) is 0 Å². The lowest BCUT2D eigenvalue weighted by atomic mass is 10.2. The zero-order valence-electron chi connectivity index (χ0n) is 10.7. The van der Waals surface area contributed by atoms with Gasteiger partial charge in [-0.3, -0.25) is 0 Å². The predicted molar refractivity (Wildman–Crippen MR) is 84.1 cm³/mol. The molecule has 2 heterocycles. The number of nitrogens with one attached hydrogen (secondary N) is 1. The summed E-state index contributed by atoms with van der Waals surface area (Å²) < 4.78 is 6.30. The van der Waals surface area contributed by atoms with Gasteiger partial charge in [0.05, 0.1) is 21.1 Å². The van der Waals surface area contributed by atoms with Gasteiger partial charge in [0.1, 0.15) is 11.6 Å². The number of nitrogens with zero attached hydrogens (tertiary/aromatic N) is 2. The fourth-order valence-corrected chi connectivity index (χ4v) is 3.75. The Kier molecular flexibility index (Phi) is 5.50. The molecule has 0 saturated carbocycles. The third-order valence-electron chi connectivity index (χ3n) is 2.78. The molecule has 0 radical (unpaired) electrons. The zero-order valence-corrected chi connectivity index (χ0v) is 13.7. The Labute approximate surface area is 126 Å². The Balaban J connectivity index is 2.33. The first-order chi connectivity index (χ1) is 8.76. The Morgan fingerprint density at radius 2 is 2.33 bits per heavy atom. The minimum absolute atomic E-state index is 0.454. The highest BCUT2D eigenvalue weighted by Crippen LogP contribution is 2.39. The summed E-state index contributed by atoms with van der Waals surface area (Å²) in [5.74, 6) is 3.12. The molecule has 0 spiro atoms. The van der Waals surface area contributed by atoms with Crippen molar-refractivity contribution in [1.29, 1.82) is 0 Å². The largest absolute Gasteiger partial charge is 0.378 e. The molecule has 1 saturated heterocycles.